The van der Waals surface area contributed by atoms with Gasteiger partial charge in [-0.3, -0.25) is 4.79 Å². The highest BCUT2D eigenvalue weighted by Gasteiger charge is 2.48. The van der Waals surface area contributed by atoms with Crippen molar-refractivity contribution >= 4 is 23.1 Å². The molecule has 1 saturated carbocycles. The van der Waals surface area contributed by atoms with Gasteiger partial charge in [-0.15, -0.1) is 0 Å². The largest absolute Gasteiger partial charge is 0.392 e. The van der Waals surface area contributed by atoms with Crippen molar-refractivity contribution in [3.8, 4) is 0 Å². The van der Waals surface area contributed by atoms with Gasteiger partial charge in [-0.1, -0.05) is 46.3 Å². The predicted octanol–water partition coefficient (Wildman–Crippen LogP) is 2.58. The summed E-state index contributed by atoms with van der Waals surface area (Å²) in [5.41, 5.74) is 5.29. The first-order valence-corrected chi connectivity index (χ1v) is 7.29. The molecule has 104 valence electrons. The third-order valence-electron chi connectivity index (χ3n) is 3.55. The predicted molar refractivity (Wildman–Crippen MR) is 79.3 cm³/mol. The summed E-state index contributed by atoms with van der Waals surface area (Å²) >= 11 is 5.13. The topological polar surface area (TPSA) is 46.3 Å². The Labute approximate surface area is 116 Å². The Hall–Kier alpha value is -0.640. The number of hydrogen-bond donors (Lipinski definition) is 1. The lowest BCUT2D eigenvalue weighted by Crippen LogP contribution is -2.55. The number of hydrogen-bond acceptors (Lipinski definition) is 2. The average Bonchev–Trinajstić information content (AvgIpc) is 2.12. The van der Waals surface area contributed by atoms with Gasteiger partial charge in [0, 0.05) is 13.1 Å². The van der Waals surface area contributed by atoms with Crippen LogP contribution in [0, 0.1) is 17.3 Å². The standard InChI is InChI=1S/C14H26N2OS/c1-10(2)8-16(9-11(3)4)13(17)14(12(15)18)6-5-7-14/h10-11H,5-9H2,1-4H3,(H2,15,18). The number of amides is 1. The van der Waals surface area contributed by atoms with Crippen molar-refractivity contribution in [2.45, 2.75) is 47.0 Å². The number of carbonyl (C=O) groups is 1. The first-order chi connectivity index (χ1) is 8.29. The monoisotopic (exact) mass is 270 g/mol. The third kappa shape index (κ3) is 3.22. The van der Waals surface area contributed by atoms with E-state index in [0.29, 0.717) is 16.8 Å². The van der Waals surface area contributed by atoms with Crippen molar-refractivity contribution in [3.05, 3.63) is 0 Å². The van der Waals surface area contributed by atoms with Crippen molar-refractivity contribution in [3.63, 3.8) is 0 Å². The molecule has 0 aliphatic heterocycles. The molecule has 0 aromatic carbocycles. The second-order valence-electron chi connectivity index (χ2n) is 6.30. The van der Waals surface area contributed by atoms with Crippen LogP contribution in [-0.2, 0) is 4.79 Å². The van der Waals surface area contributed by atoms with E-state index in [1.165, 1.54) is 0 Å². The molecule has 1 aliphatic rings. The van der Waals surface area contributed by atoms with Crippen LogP contribution in [0.5, 0.6) is 0 Å². The molecular weight excluding hydrogens is 244 g/mol. The summed E-state index contributed by atoms with van der Waals surface area (Å²) < 4.78 is 0. The summed E-state index contributed by atoms with van der Waals surface area (Å²) in [6.45, 7) is 10.1. The molecule has 0 aromatic heterocycles. The fourth-order valence-electron chi connectivity index (χ4n) is 2.52. The number of nitrogens with zero attached hydrogens (tertiary/aromatic N) is 1. The molecule has 0 radical (unpaired) electrons. The Morgan fingerprint density at radius 1 is 1.22 bits per heavy atom. The minimum absolute atomic E-state index is 0.156. The zero-order valence-corrected chi connectivity index (χ0v) is 12.8. The van der Waals surface area contributed by atoms with E-state index in [2.05, 4.69) is 27.7 Å². The quantitative estimate of drug-likeness (QED) is 0.755. The maximum absolute atomic E-state index is 12.7. The van der Waals surface area contributed by atoms with Crippen molar-refractivity contribution in [2.24, 2.45) is 23.0 Å². The number of thiocarbonyl (C=S) groups is 1. The van der Waals surface area contributed by atoms with Crippen molar-refractivity contribution in [2.75, 3.05) is 13.1 Å². The molecule has 1 rings (SSSR count). The van der Waals surface area contributed by atoms with E-state index in [0.717, 1.165) is 32.4 Å². The van der Waals surface area contributed by atoms with Crippen molar-refractivity contribution in [1.82, 2.24) is 4.90 Å². The van der Waals surface area contributed by atoms with Gasteiger partial charge < -0.3 is 10.6 Å². The van der Waals surface area contributed by atoms with Crippen molar-refractivity contribution < 1.29 is 4.79 Å². The van der Waals surface area contributed by atoms with Crippen molar-refractivity contribution in [1.29, 1.82) is 0 Å². The molecule has 2 N–H and O–H groups in total. The maximum Gasteiger partial charge on any atom is 0.235 e. The fourth-order valence-corrected chi connectivity index (χ4v) is 2.81. The Bertz CT molecular complexity index is 312. The number of rotatable bonds is 6. The molecule has 0 spiro atoms. The smallest absolute Gasteiger partial charge is 0.235 e. The summed E-state index contributed by atoms with van der Waals surface area (Å²) in [6.07, 6.45) is 2.71. The third-order valence-corrected chi connectivity index (χ3v) is 3.94. The van der Waals surface area contributed by atoms with Gasteiger partial charge in [-0.2, -0.15) is 0 Å². The van der Waals surface area contributed by atoms with E-state index in [1.807, 2.05) is 4.90 Å². The maximum atomic E-state index is 12.7. The normalized spacial score (nSPS) is 17.7. The lowest BCUT2D eigenvalue weighted by atomic mass is 9.67. The summed E-state index contributed by atoms with van der Waals surface area (Å²) in [7, 11) is 0. The van der Waals surface area contributed by atoms with Crippen LogP contribution in [0.4, 0.5) is 0 Å². The number of nitrogens with two attached hydrogens (primary N) is 1. The van der Waals surface area contributed by atoms with E-state index in [9.17, 15) is 4.79 Å². The average molecular weight is 270 g/mol. The zero-order chi connectivity index (χ0) is 13.9. The van der Waals surface area contributed by atoms with Gasteiger partial charge in [0.05, 0.1) is 10.4 Å². The minimum atomic E-state index is -0.529. The van der Waals surface area contributed by atoms with E-state index in [-0.39, 0.29) is 5.91 Å². The van der Waals surface area contributed by atoms with Crippen LogP contribution in [0.2, 0.25) is 0 Å². The summed E-state index contributed by atoms with van der Waals surface area (Å²) in [6, 6.07) is 0. The van der Waals surface area contributed by atoms with E-state index in [1.54, 1.807) is 0 Å². The minimum Gasteiger partial charge on any atom is -0.392 e. The zero-order valence-electron chi connectivity index (χ0n) is 12.0. The molecule has 18 heavy (non-hydrogen) atoms. The Balaban J connectivity index is 2.83. The highest BCUT2D eigenvalue weighted by atomic mass is 32.1. The fraction of sp³-hybridized carbons (Fsp3) is 0.857. The Morgan fingerprint density at radius 3 is 1.89 bits per heavy atom. The molecule has 1 fully saturated rings. The van der Waals surface area contributed by atoms with Gasteiger partial charge >= 0.3 is 0 Å². The lowest BCUT2D eigenvalue weighted by Gasteiger charge is -2.43. The van der Waals surface area contributed by atoms with Crippen LogP contribution in [-0.4, -0.2) is 28.9 Å². The van der Waals surface area contributed by atoms with E-state index >= 15 is 0 Å². The number of carbonyl (C=O) groups excluding carboxylic acids is 1. The van der Waals surface area contributed by atoms with Gasteiger partial charge in [0.15, 0.2) is 0 Å². The Kier molecular flexibility index (Phi) is 5.14. The van der Waals surface area contributed by atoms with Crippen LogP contribution in [0.1, 0.15) is 47.0 Å². The van der Waals surface area contributed by atoms with Gasteiger partial charge in [0.1, 0.15) is 0 Å². The van der Waals surface area contributed by atoms with E-state index < -0.39 is 5.41 Å². The molecular formula is C14H26N2OS. The Morgan fingerprint density at radius 2 is 1.67 bits per heavy atom. The summed E-state index contributed by atoms with van der Waals surface area (Å²) in [5, 5.41) is 0. The molecule has 0 aromatic rings. The molecule has 4 heteroatoms. The summed E-state index contributed by atoms with van der Waals surface area (Å²) in [4.78, 5) is 15.1. The van der Waals surface area contributed by atoms with Crippen LogP contribution in [0.3, 0.4) is 0 Å². The lowest BCUT2D eigenvalue weighted by molar-refractivity contribution is -0.143. The highest BCUT2D eigenvalue weighted by Crippen LogP contribution is 2.43. The molecule has 0 saturated heterocycles. The second kappa shape index (κ2) is 6.00. The van der Waals surface area contributed by atoms with Crippen LogP contribution >= 0.6 is 12.2 Å². The first-order valence-electron chi connectivity index (χ1n) is 6.89. The molecule has 0 unspecified atom stereocenters. The van der Waals surface area contributed by atoms with Gasteiger partial charge in [-0.25, -0.2) is 0 Å². The first kappa shape index (κ1) is 15.4. The second-order valence-corrected chi connectivity index (χ2v) is 6.74. The molecule has 0 atom stereocenters. The van der Waals surface area contributed by atoms with Crippen LogP contribution in [0.25, 0.3) is 0 Å². The highest BCUT2D eigenvalue weighted by molar-refractivity contribution is 7.80. The molecule has 3 nitrogen and oxygen atoms in total. The van der Waals surface area contributed by atoms with Gasteiger partial charge in [0.2, 0.25) is 5.91 Å². The molecule has 1 amide bonds. The van der Waals surface area contributed by atoms with E-state index in [4.69, 9.17) is 18.0 Å². The SMILES string of the molecule is CC(C)CN(CC(C)C)C(=O)C1(C(N)=S)CCC1. The van der Waals surface area contributed by atoms with Gasteiger partial charge in [-0.05, 0) is 24.7 Å². The van der Waals surface area contributed by atoms with Gasteiger partial charge in [0.25, 0.3) is 0 Å². The molecule has 0 heterocycles. The van der Waals surface area contributed by atoms with Crippen LogP contribution in [0.15, 0.2) is 0 Å². The molecule has 0 bridgehead atoms. The summed E-state index contributed by atoms with van der Waals surface area (Å²) in [5.74, 6) is 1.09. The van der Waals surface area contributed by atoms with Crippen LogP contribution < -0.4 is 5.73 Å². The molecule has 1 aliphatic carbocycles.